The lowest BCUT2D eigenvalue weighted by molar-refractivity contribution is 0.445. The van der Waals surface area contributed by atoms with Gasteiger partial charge < -0.3 is 5.32 Å². The number of hydrogen-bond acceptors (Lipinski definition) is 4. The molecule has 0 bridgehead atoms. The molecule has 2 rings (SSSR count). The lowest BCUT2D eigenvalue weighted by Crippen LogP contribution is -2.30. The first-order chi connectivity index (χ1) is 11.4. The average Bonchev–Trinajstić information content (AvgIpc) is 2.98. The van der Waals surface area contributed by atoms with E-state index in [0.29, 0.717) is 18.0 Å². The van der Waals surface area contributed by atoms with Crippen molar-refractivity contribution in [3.05, 3.63) is 51.7 Å². The second kappa shape index (κ2) is 8.25. The number of aryl methyl sites for hydroxylation is 1. The molecule has 1 aromatic carbocycles. The minimum atomic E-state index is -3.38. The van der Waals surface area contributed by atoms with E-state index < -0.39 is 10.0 Å². The van der Waals surface area contributed by atoms with Gasteiger partial charge in [0.25, 0.3) is 0 Å². The van der Waals surface area contributed by atoms with Gasteiger partial charge in [0.1, 0.15) is 0 Å². The molecule has 2 aromatic rings. The second-order valence-electron chi connectivity index (χ2n) is 5.79. The van der Waals surface area contributed by atoms with Crippen LogP contribution in [0.2, 0.25) is 0 Å². The highest BCUT2D eigenvalue weighted by molar-refractivity contribution is 7.89. The van der Waals surface area contributed by atoms with Gasteiger partial charge in [0, 0.05) is 30.6 Å². The van der Waals surface area contributed by atoms with Gasteiger partial charge in [-0.15, -0.1) is 11.3 Å². The number of thiophene rings is 1. The summed E-state index contributed by atoms with van der Waals surface area (Å²) in [4.78, 5) is 1.69. The summed E-state index contributed by atoms with van der Waals surface area (Å²) >= 11 is 1.75. The van der Waals surface area contributed by atoms with E-state index in [-0.39, 0.29) is 6.04 Å². The molecule has 0 saturated carbocycles. The molecule has 1 N–H and O–H groups in total. The predicted octanol–water partition coefficient (Wildman–Crippen LogP) is 3.94. The Labute approximate surface area is 149 Å². The van der Waals surface area contributed by atoms with Gasteiger partial charge in [0.05, 0.1) is 4.90 Å². The van der Waals surface area contributed by atoms with Crippen LogP contribution in [0.1, 0.15) is 42.8 Å². The van der Waals surface area contributed by atoms with E-state index >= 15 is 0 Å². The summed E-state index contributed by atoms with van der Waals surface area (Å²) < 4.78 is 26.5. The summed E-state index contributed by atoms with van der Waals surface area (Å²) in [5.74, 6) is 0. The largest absolute Gasteiger partial charge is 0.305 e. The molecule has 132 valence electrons. The summed E-state index contributed by atoms with van der Waals surface area (Å²) in [5.41, 5.74) is 2.39. The third-order valence-corrected chi connectivity index (χ3v) is 7.35. The number of nitrogens with zero attached hydrogens (tertiary/aromatic N) is 1. The monoisotopic (exact) mass is 366 g/mol. The summed E-state index contributed by atoms with van der Waals surface area (Å²) in [6, 6.07) is 9.50. The fourth-order valence-electron chi connectivity index (χ4n) is 2.59. The fourth-order valence-corrected chi connectivity index (χ4v) is 4.90. The Bertz CT molecular complexity index is 748. The van der Waals surface area contributed by atoms with Crippen molar-refractivity contribution in [2.45, 2.75) is 45.2 Å². The van der Waals surface area contributed by atoms with Crippen molar-refractivity contribution in [3.63, 3.8) is 0 Å². The number of benzene rings is 1. The highest BCUT2D eigenvalue weighted by atomic mass is 32.2. The predicted molar refractivity (Wildman–Crippen MR) is 101 cm³/mol. The van der Waals surface area contributed by atoms with Crippen molar-refractivity contribution in [1.82, 2.24) is 9.62 Å². The highest BCUT2D eigenvalue weighted by Gasteiger charge is 2.21. The Balaban J connectivity index is 2.07. The van der Waals surface area contributed by atoms with E-state index in [0.717, 1.165) is 12.1 Å². The van der Waals surface area contributed by atoms with Gasteiger partial charge in [0.2, 0.25) is 10.0 Å². The van der Waals surface area contributed by atoms with E-state index in [4.69, 9.17) is 0 Å². The molecule has 0 saturated heterocycles. The molecule has 1 atom stereocenters. The molecular weight excluding hydrogens is 340 g/mol. The summed E-state index contributed by atoms with van der Waals surface area (Å²) in [6.07, 6.45) is 0. The first-order valence-electron chi connectivity index (χ1n) is 8.26. The molecule has 0 aliphatic heterocycles. The van der Waals surface area contributed by atoms with Gasteiger partial charge in [-0.25, -0.2) is 8.42 Å². The lowest BCUT2D eigenvalue weighted by Gasteiger charge is -2.19. The maximum Gasteiger partial charge on any atom is 0.243 e. The van der Waals surface area contributed by atoms with E-state index in [1.54, 1.807) is 23.5 Å². The molecular formula is C18H26N2O2S2. The normalized spacial score (nSPS) is 13.4. The summed E-state index contributed by atoms with van der Waals surface area (Å²) in [7, 11) is -3.38. The second-order valence-corrected chi connectivity index (χ2v) is 8.73. The van der Waals surface area contributed by atoms with Gasteiger partial charge in [-0.05, 0) is 48.6 Å². The Morgan fingerprint density at radius 1 is 1.12 bits per heavy atom. The average molecular weight is 367 g/mol. The molecule has 1 unspecified atom stereocenters. The number of rotatable bonds is 8. The van der Waals surface area contributed by atoms with Crippen molar-refractivity contribution in [1.29, 1.82) is 0 Å². The zero-order valence-electron chi connectivity index (χ0n) is 14.7. The third kappa shape index (κ3) is 4.25. The van der Waals surface area contributed by atoms with Crippen LogP contribution in [-0.2, 0) is 16.6 Å². The molecule has 0 spiro atoms. The number of sulfonamides is 1. The van der Waals surface area contributed by atoms with Crippen molar-refractivity contribution in [2.75, 3.05) is 13.1 Å². The molecule has 4 nitrogen and oxygen atoms in total. The zero-order valence-corrected chi connectivity index (χ0v) is 16.4. The minimum Gasteiger partial charge on any atom is -0.305 e. The maximum absolute atomic E-state index is 12.5. The van der Waals surface area contributed by atoms with Crippen molar-refractivity contribution in [2.24, 2.45) is 0 Å². The molecule has 24 heavy (non-hydrogen) atoms. The van der Waals surface area contributed by atoms with E-state index in [2.05, 4.69) is 30.6 Å². The highest BCUT2D eigenvalue weighted by Crippen LogP contribution is 2.21. The Morgan fingerprint density at radius 2 is 1.75 bits per heavy atom. The van der Waals surface area contributed by atoms with Crippen LogP contribution < -0.4 is 5.32 Å². The van der Waals surface area contributed by atoms with Gasteiger partial charge >= 0.3 is 0 Å². The van der Waals surface area contributed by atoms with Crippen LogP contribution in [-0.4, -0.2) is 25.8 Å². The van der Waals surface area contributed by atoms with Crippen molar-refractivity contribution >= 4 is 21.4 Å². The van der Waals surface area contributed by atoms with E-state index in [1.165, 1.54) is 14.7 Å². The molecule has 0 fully saturated rings. The van der Waals surface area contributed by atoms with Crippen LogP contribution in [0.5, 0.6) is 0 Å². The molecule has 0 amide bonds. The maximum atomic E-state index is 12.5. The van der Waals surface area contributed by atoms with Crippen LogP contribution >= 0.6 is 11.3 Å². The Kier molecular flexibility index (Phi) is 6.57. The topological polar surface area (TPSA) is 49.4 Å². The third-order valence-electron chi connectivity index (χ3n) is 4.26. The molecule has 6 heteroatoms. The smallest absolute Gasteiger partial charge is 0.243 e. The Hall–Kier alpha value is -1.21. The Morgan fingerprint density at radius 3 is 2.25 bits per heavy atom. The van der Waals surface area contributed by atoms with Crippen LogP contribution in [0.4, 0.5) is 0 Å². The van der Waals surface area contributed by atoms with E-state index in [1.807, 2.05) is 26.0 Å². The van der Waals surface area contributed by atoms with Crippen molar-refractivity contribution < 1.29 is 8.42 Å². The zero-order chi connectivity index (χ0) is 17.7. The fraction of sp³-hybridized carbons (Fsp3) is 0.444. The first-order valence-corrected chi connectivity index (χ1v) is 10.6. The number of hydrogen-bond donors (Lipinski definition) is 1. The van der Waals surface area contributed by atoms with E-state index in [9.17, 15) is 8.42 Å². The van der Waals surface area contributed by atoms with Gasteiger partial charge in [-0.1, -0.05) is 26.0 Å². The van der Waals surface area contributed by atoms with Crippen LogP contribution in [0, 0.1) is 6.92 Å². The standard InChI is InChI=1S/C18H26N2O2S2/c1-5-20(6-2)24(21,22)17-9-7-16(8-10-17)15(4)19-13-18-14(3)11-12-23-18/h7-12,15,19H,5-6,13H2,1-4H3. The first kappa shape index (κ1) is 19.1. The summed E-state index contributed by atoms with van der Waals surface area (Å²) in [6.45, 7) is 9.71. The van der Waals surface area contributed by atoms with Crippen LogP contribution in [0.3, 0.4) is 0 Å². The molecule has 1 aromatic heterocycles. The SMILES string of the molecule is CCN(CC)S(=O)(=O)c1ccc(C(C)NCc2sccc2C)cc1. The van der Waals surface area contributed by atoms with Crippen molar-refractivity contribution in [3.8, 4) is 0 Å². The molecule has 0 aliphatic carbocycles. The van der Waals surface area contributed by atoms with Crippen LogP contribution in [0.15, 0.2) is 40.6 Å². The van der Waals surface area contributed by atoms with Gasteiger partial charge in [-0.2, -0.15) is 4.31 Å². The number of nitrogens with one attached hydrogen (secondary N) is 1. The van der Waals surface area contributed by atoms with Crippen LogP contribution in [0.25, 0.3) is 0 Å². The molecule has 0 aliphatic rings. The summed E-state index contributed by atoms with van der Waals surface area (Å²) in [5, 5.41) is 5.60. The van der Waals surface area contributed by atoms with Gasteiger partial charge in [0.15, 0.2) is 0 Å². The lowest BCUT2D eigenvalue weighted by atomic mass is 10.1. The molecule has 0 radical (unpaired) electrons. The minimum absolute atomic E-state index is 0.164. The van der Waals surface area contributed by atoms with Gasteiger partial charge in [-0.3, -0.25) is 0 Å². The molecule has 1 heterocycles. The quantitative estimate of drug-likeness (QED) is 0.770.